The third-order valence-corrected chi connectivity index (χ3v) is 5.25. The van der Waals surface area contributed by atoms with Crippen LogP contribution < -0.4 is 5.32 Å². The first kappa shape index (κ1) is 16.6. The van der Waals surface area contributed by atoms with E-state index in [2.05, 4.69) is 16.4 Å². The van der Waals surface area contributed by atoms with Crippen LogP contribution in [0.2, 0.25) is 0 Å². The minimum atomic E-state index is -0.705. The molecule has 2 aromatic rings. The number of aryl methyl sites for hydroxylation is 2. The fourth-order valence-corrected chi connectivity index (χ4v) is 4.01. The minimum absolute atomic E-state index is 0.129. The molecule has 1 atom stereocenters. The summed E-state index contributed by atoms with van der Waals surface area (Å²) in [7, 11) is 0. The van der Waals surface area contributed by atoms with Gasteiger partial charge in [0.1, 0.15) is 5.54 Å². The van der Waals surface area contributed by atoms with Crippen molar-refractivity contribution in [3.63, 3.8) is 0 Å². The van der Waals surface area contributed by atoms with Crippen molar-refractivity contribution in [2.24, 2.45) is 0 Å². The third-order valence-electron chi connectivity index (χ3n) is 4.06. The standard InChI is InChI=1S/C18H19N3O2S/c1-13-17(14-5-3-2-4-6-14)23-16(20-13)8-7-15(22)21-18(11-19)9-10-24-12-18/h2-6H,7-10,12H2,1H3,(H,21,22)/t18-/m0/s1. The summed E-state index contributed by atoms with van der Waals surface area (Å²) in [4.78, 5) is 16.6. The van der Waals surface area contributed by atoms with Crippen LogP contribution in [-0.2, 0) is 11.2 Å². The predicted octanol–water partition coefficient (Wildman–Crippen LogP) is 3.10. The van der Waals surface area contributed by atoms with Gasteiger partial charge in [-0.2, -0.15) is 17.0 Å². The topological polar surface area (TPSA) is 78.9 Å². The molecule has 1 N–H and O–H groups in total. The van der Waals surface area contributed by atoms with Crippen LogP contribution in [0.5, 0.6) is 0 Å². The fraction of sp³-hybridized carbons (Fsp3) is 0.389. The van der Waals surface area contributed by atoms with Crippen LogP contribution in [-0.4, -0.2) is 27.9 Å². The van der Waals surface area contributed by atoms with E-state index in [1.54, 1.807) is 11.8 Å². The van der Waals surface area contributed by atoms with Crippen LogP contribution in [0.3, 0.4) is 0 Å². The highest BCUT2D eigenvalue weighted by Gasteiger charge is 2.35. The van der Waals surface area contributed by atoms with Gasteiger partial charge in [0.15, 0.2) is 11.7 Å². The Hall–Kier alpha value is -2.26. The highest BCUT2D eigenvalue weighted by atomic mass is 32.2. The molecular weight excluding hydrogens is 322 g/mol. The van der Waals surface area contributed by atoms with Gasteiger partial charge in [-0.25, -0.2) is 4.98 Å². The molecule has 1 aromatic heterocycles. The monoisotopic (exact) mass is 341 g/mol. The van der Waals surface area contributed by atoms with Crippen molar-refractivity contribution < 1.29 is 9.21 Å². The number of thioether (sulfide) groups is 1. The van der Waals surface area contributed by atoms with Gasteiger partial charge in [-0.3, -0.25) is 4.79 Å². The van der Waals surface area contributed by atoms with Crippen molar-refractivity contribution in [3.8, 4) is 17.4 Å². The average molecular weight is 341 g/mol. The second-order valence-corrected chi connectivity index (χ2v) is 7.04. The van der Waals surface area contributed by atoms with Crippen molar-refractivity contribution in [1.29, 1.82) is 5.26 Å². The van der Waals surface area contributed by atoms with Crippen LogP contribution in [0.15, 0.2) is 34.7 Å². The number of carbonyl (C=O) groups is 1. The summed E-state index contributed by atoms with van der Waals surface area (Å²) in [6, 6.07) is 12.0. The highest BCUT2D eigenvalue weighted by Crippen LogP contribution is 2.28. The molecule has 0 spiro atoms. The highest BCUT2D eigenvalue weighted by molar-refractivity contribution is 7.99. The molecule has 1 aliphatic rings. The molecule has 1 fully saturated rings. The van der Waals surface area contributed by atoms with Crippen molar-refractivity contribution in [3.05, 3.63) is 41.9 Å². The summed E-state index contributed by atoms with van der Waals surface area (Å²) in [5.41, 5.74) is 1.09. The Morgan fingerprint density at radius 2 is 2.25 bits per heavy atom. The van der Waals surface area contributed by atoms with Crippen molar-refractivity contribution in [2.45, 2.75) is 31.7 Å². The van der Waals surface area contributed by atoms with E-state index < -0.39 is 5.54 Å². The maximum absolute atomic E-state index is 12.2. The molecule has 0 saturated carbocycles. The Morgan fingerprint density at radius 1 is 1.46 bits per heavy atom. The Morgan fingerprint density at radius 3 is 2.92 bits per heavy atom. The maximum atomic E-state index is 12.2. The molecule has 1 amide bonds. The molecule has 124 valence electrons. The molecule has 3 rings (SSSR count). The van der Waals surface area contributed by atoms with Crippen molar-refractivity contribution >= 4 is 17.7 Å². The lowest BCUT2D eigenvalue weighted by molar-refractivity contribution is -0.122. The molecule has 6 heteroatoms. The van der Waals surface area contributed by atoms with Crippen molar-refractivity contribution in [1.82, 2.24) is 10.3 Å². The summed E-state index contributed by atoms with van der Waals surface area (Å²) in [6.07, 6.45) is 1.40. The van der Waals surface area contributed by atoms with Crippen LogP contribution in [0.4, 0.5) is 0 Å². The van der Waals surface area contributed by atoms with Gasteiger partial charge in [0.2, 0.25) is 5.91 Å². The maximum Gasteiger partial charge on any atom is 0.221 e. The number of rotatable bonds is 5. The number of nitriles is 1. The number of hydrogen-bond donors (Lipinski definition) is 1. The van der Waals surface area contributed by atoms with Gasteiger partial charge in [-0.1, -0.05) is 30.3 Å². The van der Waals surface area contributed by atoms with Gasteiger partial charge in [0, 0.05) is 24.2 Å². The van der Waals surface area contributed by atoms with Gasteiger partial charge < -0.3 is 9.73 Å². The summed E-state index contributed by atoms with van der Waals surface area (Å²) >= 11 is 1.70. The predicted molar refractivity (Wildman–Crippen MR) is 93.4 cm³/mol. The van der Waals surface area contributed by atoms with Gasteiger partial charge >= 0.3 is 0 Å². The van der Waals surface area contributed by atoms with Crippen LogP contribution in [0, 0.1) is 18.3 Å². The summed E-state index contributed by atoms with van der Waals surface area (Å²) in [6.45, 7) is 1.90. The van der Waals surface area contributed by atoms with E-state index in [9.17, 15) is 10.1 Å². The third kappa shape index (κ3) is 3.62. The number of nitrogens with one attached hydrogen (secondary N) is 1. The largest absolute Gasteiger partial charge is 0.440 e. The Kier molecular flexibility index (Phi) is 4.91. The van der Waals surface area contributed by atoms with E-state index in [4.69, 9.17) is 4.42 Å². The number of hydrogen-bond acceptors (Lipinski definition) is 5. The van der Waals surface area contributed by atoms with E-state index in [1.807, 2.05) is 37.3 Å². The number of amides is 1. The van der Waals surface area contributed by atoms with E-state index in [0.717, 1.165) is 22.8 Å². The van der Waals surface area contributed by atoms with Crippen LogP contribution in [0.25, 0.3) is 11.3 Å². The van der Waals surface area contributed by atoms with Crippen LogP contribution in [0.1, 0.15) is 24.4 Å². The van der Waals surface area contributed by atoms with Crippen LogP contribution >= 0.6 is 11.8 Å². The lowest BCUT2D eigenvalue weighted by atomic mass is 10.0. The van der Waals surface area contributed by atoms with E-state index in [1.165, 1.54) is 0 Å². The molecule has 1 aliphatic heterocycles. The molecule has 1 aromatic carbocycles. The van der Waals surface area contributed by atoms with E-state index >= 15 is 0 Å². The normalized spacial score (nSPS) is 19.8. The Bertz CT molecular complexity index is 758. The number of nitrogens with zero attached hydrogens (tertiary/aromatic N) is 2. The molecule has 0 unspecified atom stereocenters. The van der Waals surface area contributed by atoms with Gasteiger partial charge in [-0.05, 0) is 19.1 Å². The zero-order valence-corrected chi connectivity index (χ0v) is 14.4. The number of benzene rings is 1. The fourth-order valence-electron chi connectivity index (χ4n) is 2.75. The molecule has 0 aliphatic carbocycles. The SMILES string of the molecule is Cc1nc(CCC(=O)N[C@]2(C#N)CCSC2)oc1-c1ccccc1. The Balaban J connectivity index is 1.61. The van der Waals surface area contributed by atoms with Gasteiger partial charge in [0.25, 0.3) is 0 Å². The zero-order chi connectivity index (χ0) is 17.0. The zero-order valence-electron chi connectivity index (χ0n) is 13.5. The molecule has 1 saturated heterocycles. The first-order chi connectivity index (χ1) is 11.6. The van der Waals surface area contributed by atoms with Gasteiger partial charge in [0.05, 0.1) is 11.8 Å². The number of oxazole rings is 1. The van der Waals surface area contributed by atoms with Gasteiger partial charge in [-0.15, -0.1) is 0 Å². The summed E-state index contributed by atoms with van der Waals surface area (Å²) in [5, 5.41) is 12.2. The second-order valence-electron chi connectivity index (χ2n) is 5.93. The summed E-state index contributed by atoms with van der Waals surface area (Å²) in [5.74, 6) is 2.73. The minimum Gasteiger partial charge on any atom is -0.440 e. The first-order valence-corrected chi connectivity index (χ1v) is 9.09. The number of aromatic nitrogens is 1. The molecule has 2 heterocycles. The molecule has 0 radical (unpaired) electrons. The quantitative estimate of drug-likeness (QED) is 0.904. The summed E-state index contributed by atoms with van der Waals surface area (Å²) < 4.78 is 5.81. The molecule has 5 nitrogen and oxygen atoms in total. The molecule has 0 bridgehead atoms. The van der Waals surface area contributed by atoms with E-state index in [-0.39, 0.29) is 12.3 Å². The molecular formula is C18H19N3O2S. The first-order valence-electron chi connectivity index (χ1n) is 7.94. The molecule has 24 heavy (non-hydrogen) atoms. The van der Waals surface area contributed by atoms with E-state index in [0.29, 0.717) is 24.5 Å². The lowest BCUT2D eigenvalue weighted by Gasteiger charge is -2.20. The number of carbonyl (C=O) groups excluding carboxylic acids is 1. The average Bonchev–Trinajstić information content (AvgIpc) is 3.21. The second kappa shape index (κ2) is 7.10. The Labute approximate surface area is 145 Å². The lowest BCUT2D eigenvalue weighted by Crippen LogP contribution is -2.47. The van der Waals surface area contributed by atoms with Crippen molar-refractivity contribution in [2.75, 3.05) is 11.5 Å². The smallest absolute Gasteiger partial charge is 0.221 e.